The fourth-order valence-corrected chi connectivity index (χ4v) is 2.10. The van der Waals surface area contributed by atoms with E-state index >= 15 is 0 Å². The van der Waals surface area contributed by atoms with Crippen molar-refractivity contribution in [3.8, 4) is 0 Å². The molecule has 14 heavy (non-hydrogen) atoms. The second-order valence-electron chi connectivity index (χ2n) is 4.48. The largest absolute Gasteiger partial charge is 0.330 e. The van der Waals surface area contributed by atoms with Gasteiger partial charge in [-0.05, 0) is 31.7 Å². The summed E-state index contributed by atoms with van der Waals surface area (Å²) in [7, 11) is 0. The quantitative estimate of drug-likeness (QED) is 0.749. The number of fused-ring (bicyclic) bond motifs is 1. The van der Waals surface area contributed by atoms with E-state index < -0.39 is 0 Å². The molecule has 1 atom stereocenters. The highest BCUT2D eigenvalue weighted by Gasteiger charge is 2.30. The summed E-state index contributed by atoms with van der Waals surface area (Å²) in [5.74, 6) is 3.54. The van der Waals surface area contributed by atoms with Crippen LogP contribution in [0.3, 0.4) is 0 Å². The summed E-state index contributed by atoms with van der Waals surface area (Å²) < 4.78 is 2.08. The zero-order valence-corrected chi connectivity index (χ0v) is 8.32. The lowest BCUT2D eigenvalue weighted by molar-refractivity contribution is 0.349. The molecule has 0 radical (unpaired) electrons. The molecule has 1 aromatic rings. The van der Waals surface area contributed by atoms with Gasteiger partial charge in [-0.25, -0.2) is 9.67 Å². The van der Waals surface area contributed by atoms with Crippen LogP contribution in [0.25, 0.3) is 0 Å². The van der Waals surface area contributed by atoms with Gasteiger partial charge in [-0.1, -0.05) is 0 Å². The highest BCUT2D eigenvalue weighted by atomic mass is 15.4. The van der Waals surface area contributed by atoms with Crippen LogP contribution in [-0.4, -0.2) is 21.3 Å². The van der Waals surface area contributed by atoms with E-state index in [1.807, 2.05) is 0 Å². The van der Waals surface area contributed by atoms with E-state index in [0.717, 1.165) is 25.3 Å². The monoisotopic (exact) mass is 192 g/mol. The van der Waals surface area contributed by atoms with Gasteiger partial charge in [0.1, 0.15) is 5.82 Å². The average Bonchev–Trinajstić information content (AvgIpc) is 2.97. The molecule has 1 unspecified atom stereocenters. The SMILES string of the molecule is NCC1CCc2nc(C3CC3)nn2C1. The minimum Gasteiger partial charge on any atom is -0.330 e. The molecule has 4 heteroatoms. The molecule has 2 N–H and O–H groups in total. The Hall–Kier alpha value is -0.900. The molecule has 76 valence electrons. The number of nitrogens with two attached hydrogens (primary N) is 1. The number of aromatic nitrogens is 3. The van der Waals surface area contributed by atoms with Gasteiger partial charge in [0.15, 0.2) is 5.82 Å². The van der Waals surface area contributed by atoms with E-state index in [2.05, 4.69) is 14.8 Å². The van der Waals surface area contributed by atoms with Crippen LogP contribution in [0.4, 0.5) is 0 Å². The number of hydrogen-bond acceptors (Lipinski definition) is 3. The first-order valence-corrected chi connectivity index (χ1v) is 5.50. The molecule has 1 aromatic heterocycles. The molecule has 4 nitrogen and oxygen atoms in total. The molecule has 0 saturated heterocycles. The smallest absolute Gasteiger partial charge is 0.154 e. The molecule has 0 bridgehead atoms. The number of hydrogen-bond donors (Lipinski definition) is 1. The van der Waals surface area contributed by atoms with Crippen LogP contribution in [-0.2, 0) is 13.0 Å². The Morgan fingerprint density at radius 2 is 2.21 bits per heavy atom. The third-order valence-corrected chi connectivity index (χ3v) is 3.25. The number of aryl methyl sites for hydroxylation is 1. The van der Waals surface area contributed by atoms with Gasteiger partial charge in [0, 0.05) is 18.9 Å². The average molecular weight is 192 g/mol. The van der Waals surface area contributed by atoms with Gasteiger partial charge in [-0.15, -0.1) is 0 Å². The topological polar surface area (TPSA) is 56.7 Å². The number of nitrogens with zero attached hydrogens (tertiary/aromatic N) is 3. The lowest BCUT2D eigenvalue weighted by Gasteiger charge is -2.20. The number of rotatable bonds is 2. The van der Waals surface area contributed by atoms with Crippen LogP contribution in [0.1, 0.15) is 36.8 Å². The third kappa shape index (κ3) is 1.34. The summed E-state index contributed by atoms with van der Waals surface area (Å²) in [6, 6.07) is 0. The Morgan fingerprint density at radius 3 is 2.93 bits per heavy atom. The highest BCUT2D eigenvalue weighted by molar-refractivity contribution is 5.07. The highest BCUT2D eigenvalue weighted by Crippen LogP contribution is 2.38. The Labute approximate surface area is 83.5 Å². The lowest BCUT2D eigenvalue weighted by atomic mass is 10.0. The molecule has 1 fully saturated rings. The van der Waals surface area contributed by atoms with Crippen molar-refractivity contribution in [2.75, 3.05) is 6.54 Å². The predicted octanol–water partition coefficient (Wildman–Crippen LogP) is 0.677. The Morgan fingerprint density at radius 1 is 1.36 bits per heavy atom. The van der Waals surface area contributed by atoms with Gasteiger partial charge in [-0.2, -0.15) is 5.10 Å². The predicted molar refractivity (Wildman–Crippen MR) is 52.9 cm³/mol. The van der Waals surface area contributed by atoms with Gasteiger partial charge in [0.2, 0.25) is 0 Å². The van der Waals surface area contributed by atoms with Crippen molar-refractivity contribution in [3.63, 3.8) is 0 Å². The van der Waals surface area contributed by atoms with Crippen LogP contribution >= 0.6 is 0 Å². The fraction of sp³-hybridized carbons (Fsp3) is 0.800. The van der Waals surface area contributed by atoms with Crippen LogP contribution < -0.4 is 5.73 Å². The molecular formula is C10H16N4. The first kappa shape index (κ1) is 8.41. The Balaban J connectivity index is 1.85. The first-order chi connectivity index (χ1) is 6.86. The summed E-state index contributed by atoms with van der Waals surface area (Å²) in [5, 5.41) is 4.56. The molecule has 3 rings (SSSR count). The molecule has 1 aliphatic heterocycles. The molecule has 2 heterocycles. The standard InChI is InChI=1S/C10H16N4/c11-5-7-1-4-9-12-10(8-2-3-8)13-14(9)6-7/h7-8H,1-6,11H2. The normalized spacial score (nSPS) is 26.2. The van der Waals surface area contributed by atoms with Gasteiger partial charge >= 0.3 is 0 Å². The molecule has 0 aromatic carbocycles. The second kappa shape index (κ2) is 3.05. The molecule has 1 aliphatic carbocycles. The minimum atomic E-state index is 0.608. The van der Waals surface area contributed by atoms with Crippen molar-refractivity contribution >= 4 is 0 Å². The molecule has 2 aliphatic rings. The van der Waals surface area contributed by atoms with Crippen LogP contribution in [0, 0.1) is 5.92 Å². The van der Waals surface area contributed by atoms with E-state index in [-0.39, 0.29) is 0 Å². The van der Waals surface area contributed by atoms with Crippen LogP contribution in [0.2, 0.25) is 0 Å². The maximum absolute atomic E-state index is 5.68. The first-order valence-electron chi connectivity index (χ1n) is 5.50. The van der Waals surface area contributed by atoms with Gasteiger partial charge in [0.25, 0.3) is 0 Å². The summed E-state index contributed by atoms with van der Waals surface area (Å²) >= 11 is 0. The molecule has 1 saturated carbocycles. The van der Waals surface area contributed by atoms with Crippen molar-refractivity contribution in [2.45, 2.75) is 38.1 Å². The Bertz CT molecular complexity index is 340. The Kier molecular flexibility index (Phi) is 1.83. The third-order valence-electron chi connectivity index (χ3n) is 3.25. The second-order valence-corrected chi connectivity index (χ2v) is 4.48. The lowest BCUT2D eigenvalue weighted by Crippen LogP contribution is -2.27. The van der Waals surface area contributed by atoms with Crippen molar-refractivity contribution < 1.29 is 0 Å². The summed E-state index contributed by atoms with van der Waals surface area (Å²) in [6.07, 6.45) is 4.80. The van der Waals surface area contributed by atoms with E-state index in [1.54, 1.807) is 0 Å². The zero-order valence-electron chi connectivity index (χ0n) is 8.32. The maximum atomic E-state index is 5.68. The molecule has 0 amide bonds. The summed E-state index contributed by atoms with van der Waals surface area (Å²) in [5.41, 5.74) is 5.68. The summed E-state index contributed by atoms with van der Waals surface area (Å²) in [6.45, 7) is 1.75. The molecule has 0 spiro atoms. The van der Waals surface area contributed by atoms with Gasteiger partial charge in [0.05, 0.1) is 0 Å². The van der Waals surface area contributed by atoms with Crippen LogP contribution in [0.5, 0.6) is 0 Å². The van der Waals surface area contributed by atoms with E-state index in [9.17, 15) is 0 Å². The minimum absolute atomic E-state index is 0.608. The van der Waals surface area contributed by atoms with Crippen molar-refractivity contribution in [1.29, 1.82) is 0 Å². The zero-order chi connectivity index (χ0) is 9.54. The van der Waals surface area contributed by atoms with Crippen LogP contribution in [0.15, 0.2) is 0 Å². The van der Waals surface area contributed by atoms with Gasteiger partial charge in [-0.3, -0.25) is 0 Å². The maximum Gasteiger partial charge on any atom is 0.154 e. The van der Waals surface area contributed by atoms with E-state index in [4.69, 9.17) is 5.73 Å². The molecular weight excluding hydrogens is 176 g/mol. The summed E-state index contributed by atoms with van der Waals surface area (Å²) in [4.78, 5) is 4.59. The fourth-order valence-electron chi connectivity index (χ4n) is 2.10. The van der Waals surface area contributed by atoms with E-state index in [1.165, 1.54) is 25.1 Å². The van der Waals surface area contributed by atoms with E-state index in [0.29, 0.717) is 11.8 Å². The van der Waals surface area contributed by atoms with Crippen molar-refractivity contribution in [2.24, 2.45) is 11.7 Å². The van der Waals surface area contributed by atoms with Crippen molar-refractivity contribution in [3.05, 3.63) is 11.6 Å². The van der Waals surface area contributed by atoms with Crippen molar-refractivity contribution in [1.82, 2.24) is 14.8 Å². The van der Waals surface area contributed by atoms with Gasteiger partial charge < -0.3 is 5.73 Å².